The van der Waals surface area contributed by atoms with E-state index in [-0.39, 0.29) is 17.2 Å². The Bertz CT molecular complexity index is 1200. The van der Waals surface area contributed by atoms with Gasteiger partial charge in [0, 0.05) is 17.9 Å². The number of amides is 2. The highest BCUT2D eigenvalue weighted by Crippen LogP contribution is 2.40. The zero-order chi connectivity index (χ0) is 22.0. The second-order valence-corrected chi connectivity index (χ2v) is 8.00. The summed E-state index contributed by atoms with van der Waals surface area (Å²) >= 11 is 1.30. The quantitative estimate of drug-likeness (QED) is 0.308. The molecule has 2 amide bonds. The number of non-ortho nitro benzene ring substituents is 1. The number of carbonyl (C=O) groups excluding carboxylic acids is 2. The Labute approximate surface area is 183 Å². The molecule has 0 bridgehead atoms. The molecular weight excluding hydrogens is 412 g/mol. The summed E-state index contributed by atoms with van der Waals surface area (Å²) in [6, 6.07) is 22.6. The van der Waals surface area contributed by atoms with Crippen molar-refractivity contribution in [2.24, 2.45) is 0 Å². The van der Waals surface area contributed by atoms with Crippen LogP contribution in [0.25, 0.3) is 5.57 Å². The van der Waals surface area contributed by atoms with Crippen molar-refractivity contribution in [1.82, 2.24) is 0 Å². The predicted molar refractivity (Wildman–Crippen MR) is 121 cm³/mol. The molecule has 4 rings (SSSR count). The van der Waals surface area contributed by atoms with Gasteiger partial charge in [-0.3, -0.25) is 19.7 Å². The summed E-state index contributed by atoms with van der Waals surface area (Å²) < 4.78 is 0. The van der Waals surface area contributed by atoms with E-state index in [1.54, 1.807) is 12.1 Å². The number of nitro groups is 1. The third kappa shape index (κ3) is 4.00. The first-order valence-electron chi connectivity index (χ1n) is 9.57. The molecule has 1 aliphatic rings. The second-order valence-electron chi connectivity index (χ2n) is 7.01. The minimum absolute atomic E-state index is 0.0737. The van der Waals surface area contributed by atoms with Gasteiger partial charge in [-0.2, -0.15) is 0 Å². The standard InChI is InChI=1S/C24H18N2O4S/c1-16-7-5-6-10-20(16)25-23(27)21(18-11-13-19(14-12-18)26(29)30)22(24(25)28)31-15-17-8-3-2-4-9-17/h2-14H,15H2,1H3. The maximum absolute atomic E-state index is 13.4. The molecule has 31 heavy (non-hydrogen) atoms. The van der Waals surface area contributed by atoms with Gasteiger partial charge < -0.3 is 0 Å². The van der Waals surface area contributed by atoms with Gasteiger partial charge in [-0.25, -0.2) is 4.90 Å². The fourth-order valence-electron chi connectivity index (χ4n) is 3.41. The average molecular weight is 430 g/mol. The number of thioether (sulfide) groups is 1. The van der Waals surface area contributed by atoms with Gasteiger partial charge >= 0.3 is 0 Å². The molecular formula is C24H18N2O4S. The minimum Gasteiger partial charge on any atom is -0.268 e. The van der Waals surface area contributed by atoms with Gasteiger partial charge in [0.25, 0.3) is 17.5 Å². The fourth-order valence-corrected chi connectivity index (χ4v) is 4.48. The number of anilines is 1. The van der Waals surface area contributed by atoms with E-state index in [4.69, 9.17) is 0 Å². The predicted octanol–water partition coefficient (Wildman–Crippen LogP) is 5.12. The van der Waals surface area contributed by atoms with Crippen molar-refractivity contribution in [1.29, 1.82) is 0 Å². The molecule has 0 saturated heterocycles. The number of imide groups is 1. The van der Waals surface area contributed by atoms with E-state index in [2.05, 4.69) is 0 Å². The number of hydrogen-bond acceptors (Lipinski definition) is 5. The highest BCUT2D eigenvalue weighted by atomic mass is 32.2. The van der Waals surface area contributed by atoms with Gasteiger partial charge in [0.1, 0.15) is 0 Å². The average Bonchev–Trinajstić information content (AvgIpc) is 3.03. The van der Waals surface area contributed by atoms with E-state index in [0.717, 1.165) is 11.1 Å². The van der Waals surface area contributed by atoms with E-state index in [0.29, 0.717) is 21.9 Å². The molecule has 0 saturated carbocycles. The first-order chi connectivity index (χ1) is 15.0. The van der Waals surface area contributed by atoms with E-state index in [1.165, 1.54) is 40.9 Å². The molecule has 0 fully saturated rings. The van der Waals surface area contributed by atoms with Crippen LogP contribution in [0.2, 0.25) is 0 Å². The Morgan fingerprint density at radius 2 is 1.52 bits per heavy atom. The number of nitrogens with zero attached hydrogens (tertiary/aromatic N) is 2. The summed E-state index contributed by atoms with van der Waals surface area (Å²) in [5.41, 5.74) is 3.04. The number of para-hydroxylation sites is 1. The van der Waals surface area contributed by atoms with Crippen LogP contribution in [-0.2, 0) is 15.3 Å². The number of nitro benzene ring substituents is 1. The normalized spacial score (nSPS) is 13.8. The minimum atomic E-state index is -0.496. The van der Waals surface area contributed by atoms with Crippen LogP contribution in [-0.4, -0.2) is 16.7 Å². The summed E-state index contributed by atoms with van der Waals surface area (Å²) in [4.78, 5) is 38.8. The molecule has 0 unspecified atom stereocenters. The molecule has 0 aromatic heterocycles. The molecule has 0 N–H and O–H groups in total. The van der Waals surface area contributed by atoms with Gasteiger partial charge in [0.15, 0.2) is 0 Å². The molecule has 0 spiro atoms. The van der Waals surface area contributed by atoms with E-state index in [9.17, 15) is 19.7 Å². The molecule has 1 heterocycles. The van der Waals surface area contributed by atoms with E-state index in [1.807, 2.05) is 49.4 Å². The van der Waals surface area contributed by atoms with Gasteiger partial charge in [-0.15, -0.1) is 11.8 Å². The van der Waals surface area contributed by atoms with Crippen molar-refractivity contribution in [3.63, 3.8) is 0 Å². The van der Waals surface area contributed by atoms with Crippen LogP contribution in [0.1, 0.15) is 16.7 Å². The van der Waals surface area contributed by atoms with Crippen LogP contribution in [0.5, 0.6) is 0 Å². The molecule has 0 radical (unpaired) electrons. The topological polar surface area (TPSA) is 80.5 Å². The largest absolute Gasteiger partial charge is 0.272 e. The van der Waals surface area contributed by atoms with Crippen LogP contribution >= 0.6 is 11.8 Å². The lowest BCUT2D eigenvalue weighted by atomic mass is 10.1. The van der Waals surface area contributed by atoms with Crippen LogP contribution in [0.15, 0.2) is 83.8 Å². The van der Waals surface area contributed by atoms with Crippen LogP contribution < -0.4 is 4.90 Å². The third-order valence-corrected chi connectivity index (χ3v) is 6.14. The lowest BCUT2D eigenvalue weighted by molar-refractivity contribution is -0.384. The Morgan fingerprint density at radius 1 is 0.871 bits per heavy atom. The molecule has 0 atom stereocenters. The maximum Gasteiger partial charge on any atom is 0.272 e. The van der Waals surface area contributed by atoms with Crippen molar-refractivity contribution < 1.29 is 14.5 Å². The number of rotatable bonds is 6. The number of benzene rings is 3. The first-order valence-corrected chi connectivity index (χ1v) is 10.6. The Morgan fingerprint density at radius 3 is 2.16 bits per heavy atom. The summed E-state index contributed by atoms with van der Waals surface area (Å²) in [7, 11) is 0. The van der Waals surface area contributed by atoms with Crippen molar-refractivity contribution in [2.75, 3.05) is 4.90 Å². The maximum atomic E-state index is 13.4. The van der Waals surface area contributed by atoms with Crippen molar-refractivity contribution in [3.05, 3.63) is 111 Å². The lowest BCUT2D eigenvalue weighted by Gasteiger charge is -2.17. The lowest BCUT2D eigenvalue weighted by Crippen LogP contribution is -2.31. The molecule has 3 aromatic rings. The number of hydrogen-bond donors (Lipinski definition) is 0. The molecule has 154 valence electrons. The summed E-state index contributed by atoms with van der Waals surface area (Å²) in [5.74, 6) is -0.287. The van der Waals surface area contributed by atoms with Crippen LogP contribution in [0, 0.1) is 17.0 Å². The second kappa shape index (κ2) is 8.57. The first kappa shape index (κ1) is 20.6. The number of carbonyl (C=O) groups is 2. The molecule has 6 nitrogen and oxygen atoms in total. The monoisotopic (exact) mass is 430 g/mol. The van der Waals surface area contributed by atoms with Crippen LogP contribution in [0.4, 0.5) is 11.4 Å². The third-order valence-electron chi connectivity index (χ3n) is 4.99. The molecule has 3 aromatic carbocycles. The molecule has 0 aliphatic carbocycles. The zero-order valence-corrected chi connectivity index (χ0v) is 17.5. The van der Waals surface area contributed by atoms with E-state index < -0.39 is 10.8 Å². The Hall–Kier alpha value is -3.71. The molecule has 7 heteroatoms. The molecule has 1 aliphatic heterocycles. The van der Waals surface area contributed by atoms with Gasteiger partial charge in [-0.05, 0) is 41.8 Å². The summed E-state index contributed by atoms with van der Waals surface area (Å²) in [6.07, 6.45) is 0. The van der Waals surface area contributed by atoms with Gasteiger partial charge in [0.05, 0.1) is 21.1 Å². The van der Waals surface area contributed by atoms with Crippen molar-refractivity contribution >= 4 is 40.5 Å². The fraction of sp³-hybridized carbons (Fsp3) is 0.0833. The van der Waals surface area contributed by atoms with E-state index >= 15 is 0 Å². The van der Waals surface area contributed by atoms with Crippen molar-refractivity contribution in [2.45, 2.75) is 12.7 Å². The van der Waals surface area contributed by atoms with Crippen molar-refractivity contribution in [3.8, 4) is 0 Å². The highest BCUT2D eigenvalue weighted by Gasteiger charge is 2.40. The van der Waals surface area contributed by atoms with Crippen LogP contribution in [0.3, 0.4) is 0 Å². The SMILES string of the molecule is Cc1ccccc1N1C(=O)C(SCc2ccccc2)=C(c2ccc([N+](=O)[O-])cc2)C1=O. The number of aryl methyl sites for hydroxylation is 1. The highest BCUT2D eigenvalue weighted by molar-refractivity contribution is 8.03. The smallest absolute Gasteiger partial charge is 0.268 e. The zero-order valence-electron chi connectivity index (χ0n) is 16.6. The Kier molecular flexibility index (Phi) is 5.68. The van der Waals surface area contributed by atoms with Gasteiger partial charge in [-0.1, -0.05) is 48.5 Å². The summed E-state index contributed by atoms with van der Waals surface area (Å²) in [6.45, 7) is 1.84. The summed E-state index contributed by atoms with van der Waals surface area (Å²) in [5, 5.41) is 11.0. The van der Waals surface area contributed by atoms with Gasteiger partial charge in [0.2, 0.25) is 0 Å². The Balaban J connectivity index is 1.76.